The molecule has 3 nitrogen and oxygen atoms in total. The summed E-state index contributed by atoms with van der Waals surface area (Å²) in [7, 11) is 0. The Morgan fingerprint density at radius 3 is 2.71 bits per heavy atom. The fourth-order valence-electron chi connectivity index (χ4n) is 1.35. The molecule has 0 spiro atoms. The zero-order chi connectivity index (χ0) is 12.8. The van der Waals surface area contributed by atoms with Gasteiger partial charge in [-0.3, -0.25) is 4.79 Å². The van der Waals surface area contributed by atoms with Crippen molar-refractivity contribution in [2.75, 3.05) is 0 Å². The van der Waals surface area contributed by atoms with Crippen molar-refractivity contribution in [1.82, 2.24) is 0 Å². The minimum Gasteiger partial charge on any atom is -0.460 e. The van der Waals surface area contributed by atoms with Gasteiger partial charge >= 0.3 is 5.97 Å². The second-order valence-corrected chi connectivity index (χ2v) is 4.11. The molecular formula is C13H18FNO2. The van der Waals surface area contributed by atoms with Crippen molar-refractivity contribution in [3.63, 3.8) is 0 Å². The van der Waals surface area contributed by atoms with E-state index in [4.69, 9.17) is 10.5 Å². The zero-order valence-corrected chi connectivity index (χ0v) is 10.2. The lowest BCUT2D eigenvalue weighted by Gasteiger charge is -2.16. The number of carbonyl (C=O) groups excluding carboxylic acids is 1. The highest BCUT2D eigenvalue weighted by Gasteiger charge is 2.21. The van der Waals surface area contributed by atoms with Gasteiger partial charge in [0.2, 0.25) is 0 Å². The Labute approximate surface area is 101 Å². The number of benzene rings is 1. The molecule has 0 aliphatic rings. The number of hydrogen-bond acceptors (Lipinski definition) is 3. The molecule has 1 aromatic carbocycles. The molecule has 0 heterocycles. The standard InChI is InChI=1S/C13H18FNO2/c1-3-9(2)12(15)13(16)17-8-10-6-4-5-7-11(10)14/h4-7,9,12H,3,8,15H2,1-2H3/t9-,12-/m0/s1. The minimum atomic E-state index is -0.647. The van der Waals surface area contributed by atoms with Crippen LogP contribution < -0.4 is 5.73 Å². The van der Waals surface area contributed by atoms with E-state index >= 15 is 0 Å². The summed E-state index contributed by atoms with van der Waals surface area (Å²) >= 11 is 0. The van der Waals surface area contributed by atoms with Crippen molar-refractivity contribution in [3.8, 4) is 0 Å². The number of carbonyl (C=O) groups is 1. The summed E-state index contributed by atoms with van der Waals surface area (Å²) in [6.45, 7) is 3.76. The highest BCUT2D eigenvalue weighted by Crippen LogP contribution is 2.11. The van der Waals surface area contributed by atoms with Gasteiger partial charge in [0.15, 0.2) is 0 Å². The van der Waals surface area contributed by atoms with Gasteiger partial charge in [-0.1, -0.05) is 38.5 Å². The first kappa shape index (κ1) is 13.6. The van der Waals surface area contributed by atoms with Crippen molar-refractivity contribution < 1.29 is 13.9 Å². The van der Waals surface area contributed by atoms with E-state index in [2.05, 4.69) is 0 Å². The Hall–Kier alpha value is -1.42. The van der Waals surface area contributed by atoms with Crippen molar-refractivity contribution in [2.24, 2.45) is 11.7 Å². The van der Waals surface area contributed by atoms with Crippen LogP contribution in [0.2, 0.25) is 0 Å². The van der Waals surface area contributed by atoms with E-state index < -0.39 is 12.0 Å². The maximum absolute atomic E-state index is 13.2. The van der Waals surface area contributed by atoms with Gasteiger partial charge in [-0.2, -0.15) is 0 Å². The van der Waals surface area contributed by atoms with E-state index in [1.807, 2.05) is 13.8 Å². The van der Waals surface area contributed by atoms with Crippen LogP contribution in [0.15, 0.2) is 24.3 Å². The second kappa shape index (κ2) is 6.35. The van der Waals surface area contributed by atoms with E-state index in [-0.39, 0.29) is 18.3 Å². The third kappa shape index (κ3) is 3.82. The van der Waals surface area contributed by atoms with E-state index in [0.717, 1.165) is 6.42 Å². The van der Waals surface area contributed by atoms with E-state index in [0.29, 0.717) is 5.56 Å². The first-order chi connectivity index (χ1) is 8.06. The van der Waals surface area contributed by atoms with Gasteiger partial charge in [0.05, 0.1) is 0 Å². The summed E-state index contributed by atoms with van der Waals surface area (Å²) in [5.74, 6) is -0.803. The average molecular weight is 239 g/mol. The summed E-state index contributed by atoms with van der Waals surface area (Å²) in [5, 5.41) is 0. The van der Waals surface area contributed by atoms with Gasteiger partial charge in [0.1, 0.15) is 18.5 Å². The minimum absolute atomic E-state index is 0.0584. The molecule has 17 heavy (non-hydrogen) atoms. The SMILES string of the molecule is CC[C@H](C)[C@H](N)C(=O)OCc1ccccc1F. The third-order valence-electron chi connectivity index (χ3n) is 2.86. The number of hydrogen-bond donors (Lipinski definition) is 1. The predicted molar refractivity (Wildman–Crippen MR) is 63.6 cm³/mol. The van der Waals surface area contributed by atoms with Crippen molar-refractivity contribution in [1.29, 1.82) is 0 Å². The normalized spacial score (nSPS) is 14.1. The zero-order valence-electron chi connectivity index (χ0n) is 10.2. The first-order valence-corrected chi connectivity index (χ1v) is 5.71. The molecule has 0 fully saturated rings. The summed E-state index contributed by atoms with van der Waals surface area (Å²) in [4.78, 5) is 11.6. The van der Waals surface area contributed by atoms with Crippen LogP contribution in [-0.4, -0.2) is 12.0 Å². The van der Waals surface area contributed by atoms with Crippen molar-refractivity contribution in [3.05, 3.63) is 35.6 Å². The Kier molecular flexibility index (Phi) is 5.10. The van der Waals surface area contributed by atoms with E-state index in [9.17, 15) is 9.18 Å². The number of rotatable bonds is 5. The van der Waals surface area contributed by atoms with Crippen molar-refractivity contribution in [2.45, 2.75) is 32.9 Å². The molecule has 0 amide bonds. The summed E-state index contributed by atoms with van der Waals surface area (Å²) in [6.07, 6.45) is 0.802. The fourth-order valence-corrected chi connectivity index (χ4v) is 1.35. The molecule has 0 bridgehead atoms. The molecule has 0 aliphatic heterocycles. The molecular weight excluding hydrogens is 221 g/mol. The molecule has 4 heteroatoms. The van der Waals surface area contributed by atoms with Crippen LogP contribution in [0.5, 0.6) is 0 Å². The van der Waals surface area contributed by atoms with E-state index in [1.165, 1.54) is 6.07 Å². The van der Waals surface area contributed by atoms with Gasteiger partial charge in [-0.25, -0.2) is 4.39 Å². The van der Waals surface area contributed by atoms with Gasteiger partial charge in [0, 0.05) is 5.56 Å². The molecule has 2 atom stereocenters. The predicted octanol–water partition coefficient (Wildman–Crippen LogP) is 2.24. The topological polar surface area (TPSA) is 52.3 Å². The third-order valence-corrected chi connectivity index (χ3v) is 2.86. The van der Waals surface area contributed by atoms with Crippen LogP contribution >= 0.6 is 0 Å². The highest BCUT2D eigenvalue weighted by atomic mass is 19.1. The van der Waals surface area contributed by atoms with Crippen LogP contribution in [0.1, 0.15) is 25.8 Å². The first-order valence-electron chi connectivity index (χ1n) is 5.71. The quantitative estimate of drug-likeness (QED) is 0.802. The molecule has 0 unspecified atom stereocenters. The number of halogens is 1. The molecule has 2 N–H and O–H groups in total. The fraction of sp³-hybridized carbons (Fsp3) is 0.462. The number of ether oxygens (including phenoxy) is 1. The van der Waals surface area contributed by atoms with Crippen LogP contribution in [0, 0.1) is 11.7 Å². The van der Waals surface area contributed by atoms with E-state index in [1.54, 1.807) is 18.2 Å². The smallest absolute Gasteiger partial charge is 0.323 e. The van der Waals surface area contributed by atoms with Crippen LogP contribution in [0.25, 0.3) is 0 Å². The number of esters is 1. The van der Waals surface area contributed by atoms with Gasteiger partial charge in [-0.15, -0.1) is 0 Å². The highest BCUT2D eigenvalue weighted by molar-refractivity contribution is 5.75. The summed E-state index contributed by atoms with van der Waals surface area (Å²) < 4.78 is 18.2. The van der Waals surface area contributed by atoms with Gasteiger partial charge < -0.3 is 10.5 Å². The lowest BCUT2D eigenvalue weighted by molar-refractivity contribution is -0.147. The second-order valence-electron chi connectivity index (χ2n) is 4.11. The Morgan fingerprint density at radius 1 is 1.47 bits per heavy atom. The molecule has 0 aromatic heterocycles. The molecule has 1 rings (SSSR count). The molecule has 0 saturated heterocycles. The number of nitrogens with two attached hydrogens (primary N) is 1. The Balaban J connectivity index is 2.51. The molecule has 0 saturated carbocycles. The summed E-state index contributed by atoms with van der Waals surface area (Å²) in [6, 6.07) is 5.55. The van der Waals surface area contributed by atoms with Gasteiger partial charge in [-0.05, 0) is 12.0 Å². The Bertz CT molecular complexity index is 381. The lowest BCUT2D eigenvalue weighted by atomic mass is 10.0. The largest absolute Gasteiger partial charge is 0.460 e. The monoisotopic (exact) mass is 239 g/mol. The maximum atomic E-state index is 13.2. The lowest BCUT2D eigenvalue weighted by Crippen LogP contribution is -2.37. The molecule has 1 aromatic rings. The van der Waals surface area contributed by atoms with Gasteiger partial charge in [0.25, 0.3) is 0 Å². The van der Waals surface area contributed by atoms with Crippen LogP contribution in [0.4, 0.5) is 4.39 Å². The maximum Gasteiger partial charge on any atom is 0.323 e. The average Bonchev–Trinajstić information content (AvgIpc) is 2.35. The van der Waals surface area contributed by atoms with Crippen LogP contribution in [0.3, 0.4) is 0 Å². The molecule has 94 valence electrons. The molecule has 0 aliphatic carbocycles. The van der Waals surface area contributed by atoms with Crippen LogP contribution in [-0.2, 0) is 16.1 Å². The van der Waals surface area contributed by atoms with Crippen molar-refractivity contribution >= 4 is 5.97 Å². The molecule has 0 radical (unpaired) electrons. The summed E-state index contributed by atoms with van der Waals surface area (Å²) in [5.41, 5.74) is 6.06. The Morgan fingerprint density at radius 2 is 2.12 bits per heavy atom.